The Morgan fingerprint density at radius 3 is 2.62 bits per heavy atom. The standard InChI is InChI=1S/C19H30N6.HI/c1-3-20-19(22-14-17-25-16-9-13-23-25)21-12-8-15-24(4-2)18-10-6-5-7-11-18;/h5-7,9-11,13,16H,3-4,8,12,14-15,17H2,1-2H3,(H2,20,21,22);1H. The number of nitrogens with zero attached hydrogens (tertiary/aromatic N) is 4. The van der Waals surface area contributed by atoms with Crippen LogP contribution in [-0.4, -0.2) is 48.5 Å². The maximum atomic E-state index is 4.67. The van der Waals surface area contributed by atoms with Crippen molar-refractivity contribution in [2.75, 3.05) is 37.6 Å². The molecule has 0 radical (unpaired) electrons. The maximum Gasteiger partial charge on any atom is 0.191 e. The topological polar surface area (TPSA) is 57.5 Å². The second-order valence-electron chi connectivity index (χ2n) is 5.73. The first-order chi connectivity index (χ1) is 12.3. The van der Waals surface area contributed by atoms with Crippen molar-refractivity contribution in [3.63, 3.8) is 0 Å². The molecule has 0 fully saturated rings. The van der Waals surface area contributed by atoms with Gasteiger partial charge in [0.05, 0.1) is 6.54 Å². The van der Waals surface area contributed by atoms with Gasteiger partial charge in [-0.1, -0.05) is 18.2 Å². The first-order valence-corrected chi connectivity index (χ1v) is 9.13. The van der Waals surface area contributed by atoms with Gasteiger partial charge in [-0.25, -0.2) is 0 Å². The Balaban J connectivity index is 0.00000338. The third-order valence-electron chi connectivity index (χ3n) is 3.90. The van der Waals surface area contributed by atoms with Gasteiger partial charge in [-0.15, -0.1) is 24.0 Å². The van der Waals surface area contributed by atoms with Crippen LogP contribution in [0, 0.1) is 0 Å². The van der Waals surface area contributed by atoms with Crippen LogP contribution in [0.2, 0.25) is 0 Å². The van der Waals surface area contributed by atoms with E-state index in [9.17, 15) is 0 Å². The largest absolute Gasteiger partial charge is 0.372 e. The number of guanidine groups is 1. The molecule has 2 rings (SSSR count). The summed E-state index contributed by atoms with van der Waals surface area (Å²) in [5.41, 5.74) is 1.28. The highest BCUT2D eigenvalue weighted by Gasteiger charge is 2.03. The molecule has 0 amide bonds. The molecule has 2 N–H and O–H groups in total. The summed E-state index contributed by atoms with van der Waals surface area (Å²) < 4.78 is 1.91. The van der Waals surface area contributed by atoms with E-state index in [1.54, 1.807) is 6.20 Å². The number of nitrogens with one attached hydrogen (secondary N) is 2. The number of halogens is 1. The maximum absolute atomic E-state index is 4.67. The van der Waals surface area contributed by atoms with Crippen LogP contribution < -0.4 is 15.5 Å². The van der Waals surface area contributed by atoms with E-state index in [1.807, 2.05) is 16.9 Å². The van der Waals surface area contributed by atoms with Gasteiger partial charge in [0.25, 0.3) is 0 Å². The van der Waals surface area contributed by atoms with Crippen LogP contribution in [0.4, 0.5) is 5.69 Å². The molecular formula is C19H31IN6. The molecule has 0 saturated heterocycles. The molecule has 6 nitrogen and oxygen atoms in total. The average molecular weight is 470 g/mol. The fourth-order valence-electron chi connectivity index (χ4n) is 2.62. The van der Waals surface area contributed by atoms with Crippen molar-refractivity contribution >= 4 is 35.6 Å². The van der Waals surface area contributed by atoms with Gasteiger partial charge in [0.15, 0.2) is 5.96 Å². The van der Waals surface area contributed by atoms with E-state index in [2.05, 4.69) is 69.8 Å². The highest BCUT2D eigenvalue weighted by Crippen LogP contribution is 2.12. The number of aliphatic imine (C=N–C) groups is 1. The number of aromatic nitrogens is 2. The summed E-state index contributed by atoms with van der Waals surface area (Å²) in [4.78, 5) is 7.05. The number of hydrogen-bond acceptors (Lipinski definition) is 3. The van der Waals surface area contributed by atoms with Crippen molar-refractivity contribution in [1.82, 2.24) is 20.4 Å². The lowest BCUT2D eigenvalue weighted by Gasteiger charge is -2.22. The lowest BCUT2D eigenvalue weighted by atomic mass is 10.2. The lowest BCUT2D eigenvalue weighted by molar-refractivity contribution is 0.597. The summed E-state index contributed by atoms with van der Waals surface area (Å²) in [5.74, 6) is 0.873. The highest BCUT2D eigenvalue weighted by atomic mass is 127. The molecule has 0 bridgehead atoms. The minimum Gasteiger partial charge on any atom is -0.372 e. The van der Waals surface area contributed by atoms with Gasteiger partial charge in [-0.3, -0.25) is 9.67 Å². The van der Waals surface area contributed by atoms with Crippen LogP contribution >= 0.6 is 24.0 Å². The summed E-state index contributed by atoms with van der Waals surface area (Å²) in [6.07, 6.45) is 4.79. The SMILES string of the molecule is CCNC(=NCCCN(CC)c1ccccc1)NCCn1cccn1.I. The Hall–Kier alpha value is -1.77. The van der Waals surface area contributed by atoms with Crippen LogP contribution in [-0.2, 0) is 6.54 Å². The molecule has 144 valence electrons. The van der Waals surface area contributed by atoms with Crippen molar-refractivity contribution < 1.29 is 0 Å². The van der Waals surface area contributed by atoms with Gasteiger partial charge in [0, 0.05) is 50.8 Å². The van der Waals surface area contributed by atoms with E-state index in [0.717, 1.165) is 51.6 Å². The highest BCUT2D eigenvalue weighted by molar-refractivity contribution is 14.0. The zero-order valence-electron chi connectivity index (χ0n) is 15.8. The molecule has 7 heteroatoms. The minimum absolute atomic E-state index is 0. The minimum atomic E-state index is 0. The third kappa shape index (κ3) is 8.07. The average Bonchev–Trinajstić information content (AvgIpc) is 3.16. The van der Waals surface area contributed by atoms with E-state index in [0.29, 0.717) is 0 Å². The monoisotopic (exact) mass is 470 g/mol. The molecule has 0 unspecified atom stereocenters. The van der Waals surface area contributed by atoms with Gasteiger partial charge in [0.1, 0.15) is 0 Å². The first kappa shape index (κ1) is 22.3. The van der Waals surface area contributed by atoms with Gasteiger partial charge in [-0.2, -0.15) is 5.10 Å². The predicted molar refractivity (Wildman–Crippen MR) is 121 cm³/mol. The summed E-state index contributed by atoms with van der Waals surface area (Å²) >= 11 is 0. The third-order valence-corrected chi connectivity index (χ3v) is 3.90. The number of para-hydroxylation sites is 1. The van der Waals surface area contributed by atoms with Crippen molar-refractivity contribution in [3.8, 4) is 0 Å². The van der Waals surface area contributed by atoms with Gasteiger partial charge in [0.2, 0.25) is 0 Å². The molecule has 2 aromatic rings. The molecule has 0 aliphatic heterocycles. The molecule has 0 atom stereocenters. The molecule has 1 aromatic heterocycles. The van der Waals surface area contributed by atoms with Crippen LogP contribution in [0.3, 0.4) is 0 Å². The smallest absolute Gasteiger partial charge is 0.191 e. The molecule has 1 heterocycles. The van der Waals surface area contributed by atoms with Gasteiger partial charge < -0.3 is 15.5 Å². The number of hydrogen-bond donors (Lipinski definition) is 2. The zero-order chi connectivity index (χ0) is 17.7. The Morgan fingerprint density at radius 2 is 1.96 bits per heavy atom. The van der Waals surface area contributed by atoms with Crippen LogP contribution in [0.25, 0.3) is 0 Å². The Morgan fingerprint density at radius 1 is 1.15 bits per heavy atom. The molecule has 1 aromatic carbocycles. The second-order valence-corrected chi connectivity index (χ2v) is 5.73. The molecule has 0 spiro atoms. The number of benzene rings is 1. The fraction of sp³-hybridized carbons (Fsp3) is 0.474. The molecule has 26 heavy (non-hydrogen) atoms. The Kier molecular flexibility index (Phi) is 11.5. The normalized spacial score (nSPS) is 10.9. The number of rotatable bonds is 10. The first-order valence-electron chi connectivity index (χ1n) is 9.13. The number of anilines is 1. The van der Waals surface area contributed by atoms with Gasteiger partial charge in [-0.05, 0) is 38.5 Å². The summed E-state index contributed by atoms with van der Waals surface area (Å²) in [6.45, 7) is 9.59. The van der Waals surface area contributed by atoms with Crippen molar-refractivity contribution in [1.29, 1.82) is 0 Å². The van der Waals surface area contributed by atoms with E-state index >= 15 is 0 Å². The van der Waals surface area contributed by atoms with Crippen molar-refractivity contribution in [3.05, 3.63) is 48.8 Å². The van der Waals surface area contributed by atoms with E-state index in [1.165, 1.54) is 5.69 Å². The molecule has 0 aliphatic rings. The Bertz CT molecular complexity index is 600. The lowest BCUT2D eigenvalue weighted by Crippen LogP contribution is -2.39. The molecule has 0 aliphatic carbocycles. The van der Waals surface area contributed by atoms with Crippen molar-refractivity contribution in [2.45, 2.75) is 26.8 Å². The van der Waals surface area contributed by atoms with Gasteiger partial charge >= 0.3 is 0 Å². The predicted octanol–water partition coefficient (Wildman–Crippen LogP) is 2.97. The summed E-state index contributed by atoms with van der Waals surface area (Å²) in [6, 6.07) is 12.5. The summed E-state index contributed by atoms with van der Waals surface area (Å²) in [5, 5.41) is 10.9. The Labute approximate surface area is 174 Å². The molecular weight excluding hydrogens is 439 g/mol. The van der Waals surface area contributed by atoms with Crippen LogP contribution in [0.5, 0.6) is 0 Å². The quantitative estimate of drug-likeness (QED) is 0.243. The molecule has 0 saturated carbocycles. The van der Waals surface area contributed by atoms with E-state index in [-0.39, 0.29) is 24.0 Å². The summed E-state index contributed by atoms with van der Waals surface area (Å²) in [7, 11) is 0. The van der Waals surface area contributed by atoms with Crippen LogP contribution in [0.1, 0.15) is 20.3 Å². The zero-order valence-corrected chi connectivity index (χ0v) is 18.1. The van der Waals surface area contributed by atoms with E-state index in [4.69, 9.17) is 0 Å². The fourth-order valence-corrected chi connectivity index (χ4v) is 2.62. The van der Waals surface area contributed by atoms with E-state index < -0.39 is 0 Å². The second kappa shape index (κ2) is 13.4. The van der Waals surface area contributed by atoms with Crippen LogP contribution in [0.15, 0.2) is 53.8 Å². The van der Waals surface area contributed by atoms with Crippen molar-refractivity contribution in [2.24, 2.45) is 4.99 Å².